The van der Waals surface area contributed by atoms with Gasteiger partial charge in [0.2, 0.25) is 0 Å². The molecular formula is C16H24N2O3. The molecule has 0 aromatic heterocycles. The number of nitrogens with one attached hydrogen (secondary N) is 1. The van der Waals surface area contributed by atoms with E-state index >= 15 is 0 Å². The van der Waals surface area contributed by atoms with Gasteiger partial charge in [-0.05, 0) is 57.1 Å². The topological polar surface area (TPSA) is 50.8 Å². The summed E-state index contributed by atoms with van der Waals surface area (Å²) in [5.74, 6) is 1.47. The van der Waals surface area contributed by atoms with E-state index in [2.05, 4.69) is 5.32 Å². The lowest BCUT2D eigenvalue weighted by Crippen LogP contribution is -2.48. The fourth-order valence-corrected chi connectivity index (χ4v) is 2.57. The molecule has 1 N–H and O–H groups in total. The maximum absolute atomic E-state index is 12.4. The molecule has 1 aliphatic heterocycles. The number of methoxy groups -OCH3 is 1. The molecule has 116 valence electrons. The third kappa shape index (κ3) is 4.11. The first-order chi connectivity index (χ1) is 10.1. The average Bonchev–Trinajstić information content (AvgIpc) is 2.55. The largest absolute Gasteiger partial charge is 0.497 e. The van der Waals surface area contributed by atoms with Crippen LogP contribution in [0.2, 0.25) is 0 Å². The molecule has 5 heteroatoms. The van der Waals surface area contributed by atoms with E-state index in [9.17, 15) is 4.79 Å². The van der Waals surface area contributed by atoms with Gasteiger partial charge in [0.15, 0.2) is 6.10 Å². The third-order valence-corrected chi connectivity index (χ3v) is 3.92. The van der Waals surface area contributed by atoms with Gasteiger partial charge in [0.05, 0.1) is 7.11 Å². The van der Waals surface area contributed by atoms with Crippen LogP contribution in [0.3, 0.4) is 0 Å². The zero-order valence-electron chi connectivity index (χ0n) is 13.0. The Hall–Kier alpha value is -1.75. The highest BCUT2D eigenvalue weighted by atomic mass is 16.5. The minimum absolute atomic E-state index is 0.0257. The molecule has 2 rings (SSSR count). The van der Waals surface area contributed by atoms with Crippen LogP contribution in [0.1, 0.15) is 19.8 Å². The Labute approximate surface area is 126 Å². The Morgan fingerprint density at radius 2 is 1.81 bits per heavy atom. The molecule has 0 bridgehead atoms. The van der Waals surface area contributed by atoms with Crippen LogP contribution in [-0.4, -0.2) is 50.2 Å². The fourth-order valence-electron chi connectivity index (χ4n) is 2.57. The Balaban J connectivity index is 1.91. The number of amides is 1. The Morgan fingerprint density at radius 1 is 1.24 bits per heavy atom. The molecule has 1 amide bonds. The lowest BCUT2D eigenvalue weighted by Gasteiger charge is -2.33. The van der Waals surface area contributed by atoms with Crippen LogP contribution in [-0.2, 0) is 4.79 Å². The minimum atomic E-state index is -0.488. The zero-order chi connectivity index (χ0) is 15.2. The van der Waals surface area contributed by atoms with Gasteiger partial charge < -0.3 is 19.7 Å². The van der Waals surface area contributed by atoms with Crippen LogP contribution in [0.25, 0.3) is 0 Å². The quantitative estimate of drug-likeness (QED) is 0.897. The van der Waals surface area contributed by atoms with E-state index in [0.717, 1.165) is 31.7 Å². The molecule has 1 heterocycles. The maximum atomic E-state index is 12.4. The van der Waals surface area contributed by atoms with Crippen LogP contribution < -0.4 is 14.8 Å². The van der Waals surface area contributed by atoms with Crippen molar-refractivity contribution in [3.8, 4) is 11.5 Å². The molecule has 0 aliphatic carbocycles. The highest BCUT2D eigenvalue weighted by Gasteiger charge is 2.26. The number of ether oxygens (including phenoxy) is 2. The second kappa shape index (κ2) is 7.31. The molecule has 1 fully saturated rings. The molecule has 21 heavy (non-hydrogen) atoms. The molecule has 0 spiro atoms. The highest BCUT2D eigenvalue weighted by Crippen LogP contribution is 2.19. The van der Waals surface area contributed by atoms with Crippen LogP contribution in [0.4, 0.5) is 0 Å². The van der Waals surface area contributed by atoms with Crippen molar-refractivity contribution >= 4 is 5.91 Å². The maximum Gasteiger partial charge on any atom is 0.263 e. The normalized spacial score (nSPS) is 17.1. The van der Waals surface area contributed by atoms with Crippen LogP contribution in [0.15, 0.2) is 24.3 Å². The summed E-state index contributed by atoms with van der Waals surface area (Å²) in [7, 11) is 3.49. The van der Waals surface area contributed by atoms with Crippen molar-refractivity contribution in [2.45, 2.75) is 31.9 Å². The van der Waals surface area contributed by atoms with Gasteiger partial charge in [0, 0.05) is 13.1 Å². The molecule has 1 aliphatic rings. The smallest absolute Gasteiger partial charge is 0.263 e. The molecule has 1 atom stereocenters. The Bertz CT molecular complexity index is 455. The minimum Gasteiger partial charge on any atom is -0.497 e. The number of piperidine rings is 1. The van der Waals surface area contributed by atoms with E-state index in [4.69, 9.17) is 9.47 Å². The summed E-state index contributed by atoms with van der Waals surface area (Å²) in [6.07, 6.45) is 1.51. The molecule has 5 nitrogen and oxygen atoms in total. The number of rotatable bonds is 5. The second-order valence-electron chi connectivity index (χ2n) is 5.37. The summed E-state index contributed by atoms with van der Waals surface area (Å²) >= 11 is 0. The van der Waals surface area contributed by atoms with Crippen molar-refractivity contribution in [1.82, 2.24) is 10.2 Å². The predicted octanol–water partition coefficient (Wildman–Crippen LogP) is 1.67. The fraction of sp³-hybridized carbons (Fsp3) is 0.562. The number of carbonyl (C=O) groups is 1. The first-order valence-electron chi connectivity index (χ1n) is 7.40. The lowest BCUT2D eigenvalue weighted by molar-refractivity contribution is -0.139. The van der Waals surface area contributed by atoms with E-state index in [-0.39, 0.29) is 5.91 Å². The standard InChI is InChI=1S/C16H24N2O3/c1-12(21-15-6-4-14(20-3)5-7-15)16(19)18(2)13-8-10-17-11-9-13/h4-7,12-13,17H,8-11H2,1-3H3. The number of hydrogen-bond acceptors (Lipinski definition) is 4. The number of benzene rings is 1. The predicted molar refractivity (Wildman–Crippen MR) is 81.7 cm³/mol. The second-order valence-corrected chi connectivity index (χ2v) is 5.37. The van der Waals surface area contributed by atoms with E-state index in [1.807, 2.05) is 36.2 Å². The van der Waals surface area contributed by atoms with Crippen LogP contribution >= 0.6 is 0 Å². The van der Waals surface area contributed by atoms with E-state index < -0.39 is 6.10 Å². The van der Waals surface area contributed by atoms with Gasteiger partial charge in [-0.3, -0.25) is 4.79 Å². The monoisotopic (exact) mass is 292 g/mol. The summed E-state index contributed by atoms with van der Waals surface area (Å²) < 4.78 is 10.8. The van der Waals surface area contributed by atoms with Gasteiger partial charge >= 0.3 is 0 Å². The molecule has 1 aromatic carbocycles. The molecule has 1 unspecified atom stereocenters. The first-order valence-corrected chi connectivity index (χ1v) is 7.40. The van der Waals surface area contributed by atoms with Gasteiger partial charge in [-0.1, -0.05) is 0 Å². The van der Waals surface area contributed by atoms with Crippen LogP contribution in [0, 0.1) is 0 Å². The zero-order valence-corrected chi connectivity index (χ0v) is 13.0. The van der Waals surface area contributed by atoms with E-state index in [0.29, 0.717) is 11.8 Å². The highest BCUT2D eigenvalue weighted by molar-refractivity contribution is 5.81. The summed E-state index contributed by atoms with van der Waals surface area (Å²) in [4.78, 5) is 14.3. The van der Waals surface area contributed by atoms with Crippen molar-refractivity contribution in [3.63, 3.8) is 0 Å². The first kappa shape index (κ1) is 15.6. The lowest BCUT2D eigenvalue weighted by atomic mass is 10.0. The van der Waals surface area contributed by atoms with E-state index in [1.54, 1.807) is 14.0 Å². The van der Waals surface area contributed by atoms with Gasteiger partial charge in [0.1, 0.15) is 11.5 Å². The van der Waals surface area contributed by atoms with Gasteiger partial charge in [-0.25, -0.2) is 0 Å². The molecule has 1 aromatic rings. The van der Waals surface area contributed by atoms with Crippen LogP contribution in [0.5, 0.6) is 11.5 Å². The molecular weight excluding hydrogens is 268 g/mol. The van der Waals surface area contributed by atoms with Gasteiger partial charge in [-0.15, -0.1) is 0 Å². The molecule has 0 saturated carbocycles. The summed E-state index contributed by atoms with van der Waals surface area (Å²) in [5.41, 5.74) is 0. The Kier molecular flexibility index (Phi) is 5.44. The SMILES string of the molecule is COc1ccc(OC(C)C(=O)N(C)C2CCNCC2)cc1. The number of hydrogen-bond donors (Lipinski definition) is 1. The number of nitrogens with zero attached hydrogens (tertiary/aromatic N) is 1. The summed E-state index contributed by atoms with van der Waals surface area (Å²) in [6.45, 7) is 3.73. The van der Waals surface area contributed by atoms with Gasteiger partial charge in [-0.2, -0.15) is 0 Å². The molecule has 0 radical (unpaired) electrons. The van der Waals surface area contributed by atoms with Crippen molar-refractivity contribution in [2.75, 3.05) is 27.2 Å². The molecule has 1 saturated heterocycles. The Morgan fingerprint density at radius 3 is 2.38 bits per heavy atom. The summed E-state index contributed by atoms with van der Waals surface area (Å²) in [5, 5.41) is 3.31. The van der Waals surface area contributed by atoms with Crippen molar-refractivity contribution < 1.29 is 14.3 Å². The van der Waals surface area contributed by atoms with Crippen molar-refractivity contribution in [2.24, 2.45) is 0 Å². The summed E-state index contributed by atoms with van der Waals surface area (Å²) in [6, 6.07) is 7.58. The average molecular weight is 292 g/mol. The van der Waals surface area contributed by atoms with E-state index in [1.165, 1.54) is 0 Å². The number of carbonyl (C=O) groups excluding carboxylic acids is 1. The number of likely N-dealkylation sites (N-methyl/N-ethyl adjacent to an activating group) is 1. The van der Waals surface area contributed by atoms with Crippen molar-refractivity contribution in [3.05, 3.63) is 24.3 Å². The third-order valence-electron chi connectivity index (χ3n) is 3.92. The van der Waals surface area contributed by atoms with Crippen molar-refractivity contribution in [1.29, 1.82) is 0 Å². The van der Waals surface area contributed by atoms with Gasteiger partial charge in [0.25, 0.3) is 5.91 Å².